The number of nitrogen functional groups attached to an aromatic ring is 4. The van der Waals surface area contributed by atoms with Crippen LogP contribution >= 0.6 is 21.3 Å². The fraction of sp³-hybridized carbons (Fsp3) is 0.768. The van der Waals surface area contributed by atoms with Crippen molar-refractivity contribution in [2.45, 2.75) is 321 Å². The van der Waals surface area contributed by atoms with Gasteiger partial charge in [0.25, 0.3) is 0 Å². The van der Waals surface area contributed by atoms with Gasteiger partial charge in [-0.15, -0.1) is 0 Å². The van der Waals surface area contributed by atoms with E-state index in [2.05, 4.69) is 82.2 Å². The molecule has 8 rings (SSSR count). The van der Waals surface area contributed by atoms with Crippen molar-refractivity contribution in [1.29, 1.82) is 0 Å². The van der Waals surface area contributed by atoms with Gasteiger partial charge in [0, 0.05) is 56.0 Å². The van der Waals surface area contributed by atoms with Gasteiger partial charge in [0.1, 0.15) is 48.2 Å². The Morgan fingerprint density at radius 1 is 0.429 bits per heavy atom. The second-order valence-corrected chi connectivity index (χ2v) is 42.6. The van der Waals surface area contributed by atoms with E-state index in [1.165, 1.54) is 36.6 Å². The third kappa shape index (κ3) is 31.9. The molecule has 3 unspecified atom stereocenters. The second kappa shape index (κ2) is 34.9. The number of ether oxygens (including phenoxy) is 5. The number of anilines is 4. The lowest BCUT2D eigenvalue weighted by Crippen LogP contribution is -2.35. The first-order valence-electron chi connectivity index (χ1n) is 35.2. The molecule has 105 heavy (non-hydrogen) atoms. The van der Waals surface area contributed by atoms with E-state index in [4.69, 9.17) is 97.4 Å². The fourth-order valence-corrected chi connectivity index (χ4v) is 17.8. The predicted octanol–water partition coefficient (Wildman–Crippen LogP) is 11.8. The Bertz CT molecular complexity index is 3800. The molecular weight excluding hydrogens is 1460 g/mol. The van der Waals surface area contributed by atoms with Crippen LogP contribution in [0.25, 0.3) is 0 Å². The SMILES string of the molecule is CC(C)(C)C[C@H]1O[C@@H](n2ccc(N)nc2=O)C[C@@H]1OC(C)(C)C.CC(C)(C)C[C@H]1O[C@@H](n2ccc(N)nc2=O)C[C@@H]1OP(=O)(O)OC(C)(C)C.CC(C)(C)C[C@H]1O[C@@H](n2ccc(N)nc2=O)C[C@@H]1OP(O)(=S)OC(C)(C)C.Cc1cn([C@H]2C[C@H](OP(O)(=S)OC(C)(C)C)[C@@H](CC(C)(C)C)O2)c(=O)nc1N. The highest BCUT2D eigenvalue weighted by atomic mass is 32.5. The van der Waals surface area contributed by atoms with E-state index in [1.54, 1.807) is 93.9 Å². The molecule has 0 spiro atoms. The zero-order chi connectivity index (χ0) is 80.1. The number of rotatable bonds is 18. The van der Waals surface area contributed by atoms with Gasteiger partial charge in [-0.05, 0) is 179 Å². The number of hydrogen-bond donors (Lipinski definition) is 7. The molecule has 11 N–H and O–H groups in total. The fourth-order valence-electron chi connectivity index (χ4n) is 11.9. The minimum absolute atomic E-state index is 0.0472. The number of hydrogen-bond acceptors (Lipinski definition) is 26. The molecule has 4 saturated heterocycles. The smallest absolute Gasteiger partial charge is 0.383 e. The van der Waals surface area contributed by atoms with Gasteiger partial charge in [-0.2, -0.15) is 19.9 Å². The molecule has 4 aromatic heterocycles. The standard InChI is InChI=1S/C18H32N3O5PS.C17H30N3O6P.C17H30N3O5PS.C17H29N3O3/c1-11-10-21(16(22)20-15(11)19)14-8-12(13(24-14)9-17(2,3)4)25-27(23,28)26-18(5,6)7;1-16(2,3)10-12-11(25-27(22,23)26-17(4,5)6)9-14(24-12)20-8-7-13(18)19-15(20)21;1-16(2,3)10-12-11(24-26(22,27)25-17(4,5)6)9-14(23-12)20-8-7-13(18)19-15(20)21;1-16(2,3)10-12-11(23-17(4,5)6)9-14(22-12)20-8-7-13(18)19-15(20)21/h10,12-14H,8-9H2,1-7H3,(H,23,28)(H2,19,20,22);7-8,11-12,14H,9-10H2,1-6H3,(H,22,23)(H2,18,19,21);7-8,11-12,14H,9-10H2,1-6H3,(H,22,27)(H2,18,19,21);7-8,11-12,14H,9-10H2,1-6H3,(H2,18,19,21)/t12-,13+,14+,27?;11-,12+,14+;11-,12+,14+,26?;11-,12+,14+/m0000/s1. The van der Waals surface area contributed by atoms with Crippen LogP contribution in [-0.4, -0.2) is 124 Å². The predicted molar refractivity (Wildman–Crippen MR) is 411 cm³/mol. The van der Waals surface area contributed by atoms with Gasteiger partial charge in [0.15, 0.2) is 0 Å². The van der Waals surface area contributed by atoms with Crippen molar-refractivity contribution < 1.29 is 70.1 Å². The van der Waals surface area contributed by atoms with Gasteiger partial charge < -0.3 is 79.4 Å². The summed E-state index contributed by atoms with van der Waals surface area (Å²) in [7, 11) is -4.31. The van der Waals surface area contributed by atoms with Crippen molar-refractivity contribution >= 4 is 68.1 Å². The molecule has 598 valence electrons. The molecule has 0 aromatic carbocycles. The van der Waals surface area contributed by atoms with Crippen molar-refractivity contribution in [3.63, 3.8) is 0 Å². The van der Waals surface area contributed by atoms with Crippen molar-refractivity contribution in [2.75, 3.05) is 22.9 Å². The van der Waals surface area contributed by atoms with Gasteiger partial charge in [0.2, 0.25) is 0 Å². The van der Waals surface area contributed by atoms with Crippen LogP contribution in [0.2, 0.25) is 0 Å². The number of aryl methyl sites for hydroxylation is 1. The lowest BCUT2D eigenvalue weighted by molar-refractivity contribution is -0.102. The summed E-state index contributed by atoms with van der Waals surface area (Å²) < 4.78 is 82.0. The Morgan fingerprint density at radius 3 is 0.971 bits per heavy atom. The third-order valence-corrected chi connectivity index (χ3v) is 20.3. The van der Waals surface area contributed by atoms with Gasteiger partial charge in [-0.3, -0.25) is 27.3 Å². The van der Waals surface area contributed by atoms with E-state index in [1.807, 2.05) is 41.5 Å². The number of phosphoric ester groups is 1. The van der Waals surface area contributed by atoms with E-state index >= 15 is 0 Å². The Balaban J connectivity index is 0.000000252. The third-order valence-electron chi connectivity index (χ3n) is 15.4. The van der Waals surface area contributed by atoms with Gasteiger partial charge in [-0.1, -0.05) is 83.1 Å². The van der Waals surface area contributed by atoms with Crippen LogP contribution in [-0.2, 0) is 79.0 Å². The summed E-state index contributed by atoms with van der Waals surface area (Å²) in [6.45, 7) is 41.8. The molecule has 4 aliphatic heterocycles. The van der Waals surface area contributed by atoms with Crippen LogP contribution in [0, 0.1) is 28.6 Å². The van der Waals surface area contributed by atoms with Crippen molar-refractivity contribution in [3.8, 4) is 0 Å². The molecule has 4 fully saturated rings. The molecule has 36 heteroatoms. The quantitative estimate of drug-likeness (QED) is 0.0455. The number of aromatic nitrogens is 8. The van der Waals surface area contributed by atoms with E-state index < -0.39 is 98.2 Å². The topological polar surface area (TPSA) is 423 Å². The highest BCUT2D eigenvalue weighted by molar-refractivity contribution is 8.07. The minimum Gasteiger partial charge on any atom is -0.383 e. The molecular formula is C69H121N12O19P3S2. The molecule has 4 aromatic rings. The number of nitrogens with zero attached hydrogens (tertiary/aromatic N) is 8. The first-order chi connectivity index (χ1) is 47.3. The zero-order valence-electron chi connectivity index (χ0n) is 66.0. The highest BCUT2D eigenvalue weighted by Crippen LogP contribution is 2.55. The van der Waals surface area contributed by atoms with Gasteiger partial charge in [0.05, 0.1) is 71.2 Å². The summed E-state index contributed by atoms with van der Waals surface area (Å²) in [6.07, 6.45) is 5.40. The van der Waals surface area contributed by atoms with Crippen LogP contribution in [0.15, 0.2) is 62.2 Å². The first kappa shape index (κ1) is 91.3. The summed E-state index contributed by atoms with van der Waals surface area (Å²) in [5.74, 6) is 0.685. The summed E-state index contributed by atoms with van der Waals surface area (Å²) in [5, 5.41) is 0. The van der Waals surface area contributed by atoms with E-state index in [0.29, 0.717) is 44.1 Å². The Hall–Kier alpha value is -4.31. The molecule has 0 saturated carbocycles. The maximum Gasteiger partial charge on any atom is 0.473 e. The zero-order valence-corrected chi connectivity index (χ0v) is 70.4. The van der Waals surface area contributed by atoms with Gasteiger partial charge >= 0.3 is 44.0 Å². The minimum atomic E-state index is -4.31. The maximum atomic E-state index is 12.4. The van der Waals surface area contributed by atoms with Crippen LogP contribution in [0.5, 0.6) is 0 Å². The van der Waals surface area contributed by atoms with Crippen LogP contribution in [0.3, 0.4) is 0 Å². The molecule has 31 nitrogen and oxygen atoms in total. The first-order valence-corrected chi connectivity index (χ1v) is 41.8. The Labute approximate surface area is 628 Å². The Kier molecular flexibility index (Phi) is 30.4. The van der Waals surface area contributed by atoms with Crippen LogP contribution in [0.4, 0.5) is 23.3 Å². The normalized spacial score (nSPS) is 25.9. The average molecular weight is 1580 g/mol. The van der Waals surface area contributed by atoms with E-state index in [-0.39, 0.29) is 93.3 Å². The van der Waals surface area contributed by atoms with E-state index in [9.17, 15) is 38.4 Å². The molecule has 8 heterocycles. The van der Waals surface area contributed by atoms with Gasteiger partial charge in [-0.25, -0.2) is 23.7 Å². The molecule has 0 bridgehead atoms. The number of phosphoric acid groups is 1. The second-order valence-electron chi connectivity index (χ2n) is 35.9. The summed E-state index contributed by atoms with van der Waals surface area (Å²) in [5.41, 5.74) is 18.6. The largest absolute Gasteiger partial charge is 0.473 e. The maximum absolute atomic E-state index is 12.4. The highest BCUT2D eigenvalue weighted by Gasteiger charge is 2.48. The molecule has 15 atom stereocenters. The lowest BCUT2D eigenvalue weighted by atomic mass is 9.87. The molecule has 4 aliphatic rings. The molecule has 0 radical (unpaired) electrons. The molecule has 0 aliphatic carbocycles. The summed E-state index contributed by atoms with van der Waals surface area (Å²) in [4.78, 5) is 94.9. The average Bonchev–Trinajstić information content (AvgIpc) is 1.68. The van der Waals surface area contributed by atoms with Crippen LogP contribution in [0.1, 0.15) is 248 Å². The monoisotopic (exact) mass is 1580 g/mol. The van der Waals surface area contributed by atoms with Crippen molar-refractivity contribution in [2.24, 2.45) is 21.7 Å². The van der Waals surface area contributed by atoms with E-state index in [0.717, 1.165) is 6.42 Å². The van der Waals surface area contributed by atoms with Crippen molar-refractivity contribution in [1.82, 2.24) is 38.2 Å². The van der Waals surface area contributed by atoms with Crippen LogP contribution < -0.4 is 45.7 Å². The summed E-state index contributed by atoms with van der Waals surface area (Å²) in [6, 6.07) is 4.65. The molecule has 0 amide bonds. The number of nitrogens with two attached hydrogens (primary N) is 4. The summed E-state index contributed by atoms with van der Waals surface area (Å²) >= 11 is 10.4. The lowest BCUT2D eigenvalue weighted by Gasteiger charge is -2.31. The Morgan fingerprint density at radius 2 is 0.695 bits per heavy atom. The van der Waals surface area contributed by atoms with Crippen molar-refractivity contribution in [3.05, 3.63) is 90.5 Å².